The second-order valence-electron chi connectivity index (χ2n) is 6.88. The molecule has 0 radical (unpaired) electrons. The molecular formula is C18H32NO2+. The van der Waals surface area contributed by atoms with Crippen molar-refractivity contribution in [2.45, 2.75) is 40.7 Å². The van der Waals surface area contributed by atoms with E-state index in [2.05, 4.69) is 27.7 Å². The molecule has 0 aliphatic carbocycles. The SMILES string of the molecule is Cc1ccccc1OC[C@H](O)C[NH+](CC(C)C)CC(C)C. The van der Waals surface area contributed by atoms with Crippen LogP contribution >= 0.6 is 0 Å². The van der Waals surface area contributed by atoms with Crippen molar-refractivity contribution in [3.63, 3.8) is 0 Å². The number of hydrogen-bond acceptors (Lipinski definition) is 2. The Labute approximate surface area is 129 Å². The fraction of sp³-hybridized carbons (Fsp3) is 0.667. The summed E-state index contributed by atoms with van der Waals surface area (Å²) in [5, 5.41) is 10.3. The van der Waals surface area contributed by atoms with Crippen LogP contribution in [0.5, 0.6) is 5.75 Å². The van der Waals surface area contributed by atoms with Gasteiger partial charge in [0.1, 0.15) is 25.0 Å². The van der Waals surface area contributed by atoms with Crippen molar-refractivity contribution in [1.29, 1.82) is 0 Å². The van der Waals surface area contributed by atoms with Crippen LogP contribution in [0.25, 0.3) is 0 Å². The van der Waals surface area contributed by atoms with Crippen molar-refractivity contribution in [2.75, 3.05) is 26.2 Å². The summed E-state index contributed by atoms with van der Waals surface area (Å²) in [6.45, 7) is 14.3. The van der Waals surface area contributed by atoms with Gasteiger partial charge in [-0.3, -0.25) is 0 Å². The van der Waals surface area contributed by atoms with Crippen LogP contribution in [0.3, 0.4) is 0 Å². The van der Waals surface area contributed by atoms with Gasteiger partial charge < -0.3 is 14.7 Å². The van der Waals surface area contributed by atoms with Crippen molar-refractivity contribution in [1.82, 2.24) is 0 Å². The Hall–Kier alpha value is -1.06. The Morgan fingerprint density at radius 2 is 1.57 bits per heavy atom. The van der Waals surface area contributed by atoms with E-state index in [4.69, 9.17) is 4.74 Å². The maximum absolute atomic E-state index is 10.3. The van der Waals surface area contributed by atoms with E-state index >= 15 is 0 Å². The van der Waals surface area contributed by atoms with Crippen molar-refractivity contribution in [3.8, 4) is 5.75 Å². The molecule has 0 saturated heterocycles. The van der Waals surface area contributed by atoms with Gasteiger partial charge in [-0.2, -0.15) is 0 Å². The summed E-state index contributed by atoms with van der Waals surface area (Å²) in [5.74, 6) is 2.15. The van der Waals surface area contributed by atoms with Gasteiger partial charge in [-0.05, 0) is 18.6 Å². The van der Waals surface area contributed by atoms with Crippen LogP contribution in [0, 0.1) is 18.8 Å². The number of hydrogen-bond donors (Lipinski definition) is 2. The normalized spacial score (nSPS) is 13.2. The van der Waals surface area contributed by atoms with Crippen LogP contribution in [0.2, 0.25) is 0 Å². The third-order valence-corrected chi connectivity index (χ3v) is 3.44. The third kappa shape index (κ3) is 7.49. The molecule has 0 unspecified atom stereocenters. The van der Waals surface area contributed by atoms with E-state index in [1.165, 1.54) is 4.90 Å². The lowest BCUT2D eigenvalue weighted by Crippen LogP contribution is -3.14. The second kappa shape index (κ2) is 9.06. The van der Waals surface area contributed by atoms with E-state index in [1.54, 1.807) is 0 Å². The summed E-state index contributed by atoms with van der Waals surface area (Å²) in [6, 6.07) is 7.94. The minimum Gasteiger partial charge on any atom is -0.490 e. The molecule has 21 heavy (non-hydrogen) atoms. The molecule has 0 fully saturated rings. The Bertz CT molecular complexity index is 394. The summed E-state index contributed by atoms with van der Waals surface area (Å²) in [4.78, 5) is 1.46. The first kappa shape index (κ1) is 18.0. The maximum Gasteiger partial charge on any atom is 0.137 e. The lowest BCUT2D eigenvalue weighted by molar-refractivity contribution is -0.909. The average Bonchev–Trinajstić information content (AvgIpc) is 2.36. The van der Waals surface area contributed by atoms with Crippen LogP contribution in [0.15, 0.2) is 24.3 Å². The fourth-order valence-corrected chi connectivity index (χ4v) is 2.70. The predicted molar refractivity (Wildman–Crippen MR) is 87.9 cm³/mol. The van der Waals surface area contributed by atoms with Gasteiger partial charge in [-0.25, -0.2) is 0 Å². The standard InChI is InChI=1S/C18H31NO2/c1-14(2)10-19(11-15(3)4)12-17(20)13-21-18-9-7-6-8-16(18)5/h6-9,14-15,17,20H,10-13H2,1-5H3/p+1/t17-/m1/s1. The predicted octanol–water partition coefficient (Wildman–Crippen LogP) is 1.93. The number of aryl methyl sites for hydroxylation is 1. The average molecular weight is 294 g/mol. The molecule has 0 aliphatic rings. The highest BCUT2D eigenvalue weighted by Crippen LogP contribution is 2.16. The molecule has 1 rings (SSSR count). The van der Waals surface area contributed by atoms with Crippen LogP contribution in [-0.4, -0.2) is 37.5 Å². The van der Waals surface area contributed by atoms with Crippen molar-refractivity contribution in [2.24, 2.45) is 11.8 Å². The number of ether oxygens (including phenoxy) is 1. The molecule has 0 aliphatic heterocycles. The van der Waals surface area contributed by atoms with Gasteiger partial charge in [0, 0.05) is 11.8 Å². The molecule has 0 bridgehead atoms. The van der Waals surface area contributed by atoms with Gasteiger partial charge >= 0.3 is 0 Å². The molecule has 0 saturated carbocycles. The van der Waals surface area contributed by atoms with Gasteiger partial charge in [0.25, 0.3) is 0 Å². The smallest absolute Gasteiger partial charge is 0.137 e. The van der Waals surface area contributed by atoms with Crippen LogP contribution in [0.1, 0.15) is 33.3 Å². The largest absolute Gasteiger partial charge is 0.490 e. The van der Waals surface area contributed by atoms with Gasteiger partial charge in [0.2, 0.25) is 0 Å². The van der Waals surface area contributed by atoms with Gasteiger partial charge in [0.15, 0.2) is 0 Å². The number of aliphatic hydroxyl groups is 1. The number of nitrogens with one attached hydrogen (secondary N) is 1. The highest BCUT2D eigenvalue weighted by Gasteiger charge is 2.18. The molecular weight excluding hydrogens is 262 g/mol. The zero-order chi connectivity index (χ0) is 15.8. The summed E-state index contributed by atoms with van der Waals surface area (Å²) in [5.41, 5.74) is 1.11. The van der Waals surface area contributed by atoms with Gasteiger partial charge in [0.05, 0.1) is 13.1 Å². The summed E-state index contributed by atoms with van der Waals surface area (Å²) in [7, 11) is 0. The molecule has 1 aromatic carbocycles. The van der Waals surface area contributed by atoms with Crippen LogP contribution in [0.4, 0.5) is 0 Å². The first-order valence-corrected chi connectivity index (χ1v) is 8.08. The van der Waals surface area contributed by atoms with Gasteiger partial charge in [-0.15, -0.1) is 0 Å². The van der Waals surface area contributed by atoms with E-state index in [0.717, 1.165) is 30.9 Å². The first-order valence-electron chi connectivity index (χ1n) is 8.08. The van der Waals surface area contributed by atoms with E-state index in [1.807, 2.05) is 31.2 Å². The maximum atomic E-state index is 10.3. The summed E-state index contributed by atoms with van der Waals surface area (Å²) >= 11 is 0. The number of aliphatic hydroxyl groups excluding tert-OH is 1. The molecule has 0 aromatic heterocycles. The molecule has 3 heteroatoms. The zero-order valence-corrected chi connectivity index (χ0v) is 14.2. The summed E-state index contributed by atoms with van der Waals surface area (Å²) < 4.78 is 5.75. The quantitative estimate of drug-likeness (QED) is 0.730. The van der Waals surface area contributed by atoms with E-state index in [0.29, 0.717) is 18.4 Å². The van der Waals surface area contributed by atoms with Gasteiger partial charge in [-0.1, -0.05) is 45.9 Å². The topological polar surface area (TPSA) is 33.9 Å². The molecule has 3 nitrogen and oxygen atoms in total. The zero-order valence-electron chi connectivity index (χ0n) is 14.2. The Morgan fingerprint density at radius 3 is 2.10 bits per heavy atom. The number of benzene rings is 1. The van der Waals surface area contributed by atoms with E-state index in [-0.39, 0.29) is 0 Å². The molecule has 1 aromatic rings. The Balaban J connectivity index is 2.46. The molecule has 0 amide bonds. The Morgan fingerprint density at radius 1 is 1.00 bits per heavy atom. The Kier molecular flexibility index (Phi) is 7.76. The van der Waals surface area contributed by atoms with Crippen molar-refractivity contribution < 1.29 is 14.7 Å². The molecule has 120 valence electrons. The highest BCUT2D eigenvalue weighted by atomic mass is 16.5. The lowest BCUT2D eigenvalue weighted by atomic mass is 10.1. The summed E-state index contributed by atoms with van der Waals surface area (Å²) in [6.07, 6.45) is -0.419. The minimum atomic E-state index is -0.419. The molecule has 0 spiro atoms. The van der Waals surface area contributed by atoms with Crippen molar-refractivity contribution >= 4 is 0 Å². The monoisotopic (exact) mass is 294 g/mol. The fourth-order valence-electron chi connectivity index (χ4n) is 2.70. The molecule has 0 heterocycles. The third-order valence-electron chi connectivity index (χ3n) is 3.44. The lowest BCUT2D eigenvalue weighted by Gasteiger charge is -2.25. The first-order chi connectivity index (χ1) is 9.88. The number of rotatable bonds is 9. The van der Waals surface area contributed by atoms with Crippen LogP contribution in [-0.2, 0) is 0 Å². The number of para-hydroxylation sites is 1. The van der Waals surface area contributed by atoms with Crippen molar-refractivity contribution in [3.05, 3.63) is 29.8 Å². The van der Waals surface area contributed by atoms with Crippen LogP contribution < -0.4 is 9.64 Å². The minimum absolute atomic E-state index is 0.366. The second-order valence-corrected chi connectivity index (χ2v) is 6.88. The molecule has 2 N–H and O–H groups in total. The van der Waals surface area contributed by atoms with E-state index < -0.39 is 6.10 Å². The molecule has 1 atom stereocenters. The number of quaternary nitrogens is 1. The highest BCUT2D eigenvalue weighted by molar-refractivity contribution is 5.31. The van der Waals surface area contributed by atoms with E-state index in [9.17, 15) is 5.11 Å².